The SMILES string of the molecule is COc1ccccc1OCC(=O)NC(c1ccccc1)C1CC1. The summed E-state index contributed by atoms with van der Waals surface area (Å²) in [5.74, 6) is 1.62. The minimum atomic E-state index is -0.114. The van der Waals surface area contributed by atoms with E-state index in [-0.39, 0.29) is 18.6 Å². The summed E-state index contributed by atoms with van der Waals surface area (Å²) in [5, 5.41) is 3.10. The van der Waals surface area contributed by atoms with Crippen molar-refractivity contribution in [3.63, 3.8) is 0 Å². The largest absolute Gasteiger partial charge is 0.493 e. The molecule has 1 amide bonds. The van der Waals surface area contributed by atoms with Crippen LogP contribution >= 0.6 is 0 Å². The van der Waals surface area contributed by atoms with Gasteiger partial charge >= 0.3 is 0 Å². The molecule has 23 heavy (non-hydrogen) atoms. The van der Waals surface area contributed by atoms with Gasteiger partial charge in [0.25, 0.3) is 5.91 Å². The van der Waals surface area contributed by atoms with Gasteiger partial charge < -0.3 is 14.8 Å². The van der Waals surface area contributed by atoms with Crippen LogP contribution in [0.5, 0.6) is 11.5 Å². The Morgan fingerprint density at radius 3 is 2.39 bits per heavy atom. The first-order valence-electron chi connectivity index (χ1n) is 7.88. The maximum atomic E-state index is 12.3. The predicted octanol–water partition coefficient (Wildman–Crippen LogP) is 3.34. The molecule has 0 spiro atoms. The number of amides is 1. The maximum absolute atomic E-state index is 12.3. The monoisotopic (exact) mass is 311 g/mol. The van der Waals surface area contributed by atoms with E-state index in [1.165, 1.54) is 0 Å². The van der Waals surface area contributed by atoms with Gasteiger partial charge in [-0.25, -0.2) is 0 Å². The summed E-state index contributed by atoms with van der Waals surface area (Å²) in [6.45, 7) is -0.0174. The molecule has 2 aromatic rings. The van der Waals surface area contributed by atoms with Gasteiger partial charge in [-0.15, -0.1) is 0 Å². The van der Waals surface area contributed by atoms with Crippen LogP contribution in [-0.2, 0) is 4.79 Å². The summed E-state index contributed by atoms with van der Waals surface area (Å²) in [6.07, 6.45) is 2.32. The summed E-state index contributed by atoms with van der Waals surface area (Å²) in [5.41, 5.74) is 1.15. The highest BCUT2D eigenvalue weighted by Crippen LogP contribution is 2.40. The lowest BCUT2D eigenvalue weighted by Crippen LogP contribution is -2.33. The molecule has 0 aromatic heterocycles. The molecule has 120 valence electrons. The average molecular weight is 311 g/mol. The van der Waals surface area contributed by atoms with E-state index in [2.05, 4.69) is 17.4 Å². The third-order valence-electron chi connectivity index (χ3n) is 4.00. The first kappa shape index (κ1) is 15.4. The van der Waals surface area contributed by atoms with Crippen molar-refractivity contribution in [2.45, 2.75) is 18.9 Å². The third kappa shape index (κ3) is 4.03. The standard InChI is InChI=1S/C19H21NO3/c1-22-16-9-5-6-10-17(16)23-13-18(21)20-19(15-11-12-15)14-7-3-2-4-8-14/h2-10,15,19H,11-13H2,1H3,(H,20,21). The lowest BCUT2D eigenvalue weighted by molar-refractivity contribution is -0.124. The highest BCUT2D eigenvalue weighted by molar-refractivity contribution is 5.78. The Balaban J connectivity index is 1.60. The van der Waals surface area contributed by atoms with Crippen LogP contribution in [0.1, 0.15) is 24.4 Å². The Labute approximate surface area is 136 Å². The molecule has 1 N–H and O–H groups in total. The Kier molecular flexibility index (Phi) is 4.81. The predicted molar refractivity (Wildman–Crippen MR) is 88.5 cm³/mol. The van der Waals surface area contributed by atoms with Gasteiger partial charge in [-0.2, -0.15) is 0 Å². The van der Waals surface area contributed by atoms with Gasteiger partial charge in [0.1, 0.15) is 0 Å². The molecule has 1 aliphatic rings. The fraction of sp³-hybridized carbons (Fsp3) is 0.316. The number of hydrogen-bond donors (Lipinski definition) is 1. The molecule has 4 heteroatoms. The minimum Gasteiger partial charge on any atom is -0.493 e. The van der Waals surface area contributed by atoms with Gasteiger partial charge in [0.05, 0.1) is 13.2 Å². The third-order valence-corrected chi connectivity index (χ3v) is 4.00. The second kappa shape index (κ2) is 7.18. The molecular weight excluding hydrogens is 290 g/mol. The van der Waals surface area contributed by atoms with Crippen molar-refractivity contribution >= 4 is 5.91 Å². The smallest absolute Gasteiger partial charge is 0.258 e. The van der Waals surface area contributed by atoms with E-state index < -0.39 is 0 Å². The van der Waals surface area contributed by atoms with E-state index >= 15 is 0 Å². The molecule has 1 saturated carbocycles. The lowest BCUT2D eigenvalue weighted by atomic mass is 10.0. The van der Waals surface area contributed by atoms with E-state index in [1.807, 2.05) is 36.4 Å². The Bertz CT molecular complexity index is 653. The normalized spacial score (nSPS) is 14.8. The average Bonchev–Trinajstić information content (AvgIpc) is 3.44. The fourth-order valence-electron chi connectivity index (χ4n) is 2.66. The van der Waals surface area contributed by atoms with Crippen LogP contribution in [0.15, 0.2) is 54.6 Å². The Morgan fingerprint density at radius 1 is 1.09 bits per heavy atom. The number of nitrogens with one attached hydrogen (secondary N) is 1. The highest BCUT2D eigenvalue weighted by atomic mass is 16.5. The molecule has 0 aliphatic heterocycles. The van der Waals surface area contributed by atoms with E-state index in [1.54, 1.807) is 13.2 Å². The first-order chi connectivity index (χ1) is 11.3. The summed E-state index contributed by atoms with van der Waals surface area (Å²) in [7, 11) is 1.58. The summed E-state index contributed by atoms with van der Waals surface area (Å²) in [4.78, 5) is 12.3. The molecule has 0 bridgehead atoms. The molecule has 1 atom stereocenters. The topological polar surface area (TPSA) is 47.6 Å². The number of carbonyl (C=O) groups is 1. The zero-order chi connectivity index (χ0) is 16.1. The van der Waals surface area contributed by atoms with Gasteiger partial charge in [0.15, 0.2) is 18.1 Å². The molecule has 2 aromatic carbocycles. The van der Waals surface area contributed by atoms with E-state index in [9.17, 15) is 4.79 Å². The molecule has 0 radical (unpaired) electrons. The fourth-order valence-corrected chi connectivity index (χ4v) is 2.66. The highest BCUT2D eigenvalue weighted by Gasteiger charge is 2.33. The van der Waals surface area contributed by atoms with Crippen LogP contribution in [0, 0.1) is 5.92 Å². The summed E-state index contributed by atoms with van der Waals surface area (Å²) >= 11 is 0. The maximum Gasteiger partial charge on any atom is 0.258 e. The summed E-state index contributed by atoms with van der Waals surface area (Å²) in [6, 6.07) is 17.5. The number of benzene rings is 2. The van der Waals surface area contributed by atoms with Crippen molar-refractivity contribution in [1.82, 2.24) is 5.32 Å². The van der Waals surface area contributed by atoms with Gasteiger partial charge in [0, 0.05) is 0 Å². The zero-order valence-corrected chi connectivity index (χ0v) is 13.2. The molecular formula is C19H21NO3. The molecule has 1 fully saturated rings. The molecule has 4 nitrogen and oxygen atoms in total. The summed E-state index contributed by atoms with van der Waals surface area (Å²) < 4.78 is 10.8. The minimum absolute atomic E-state index is 0.0174. The quantitative estimate of drug-likeness (QED) is 0.853. The van der Waals surface area contributed by atoms with Crippen LogP contribution in [0.3, 0.4) is 0 Å². The molecule has 0 saturated heterocycles. The molecule has 0 heterocycles. The number of methoxy groups -OCH3 is 1. The number of para-hydroxylation sites is 2. The number of ether oxygens (including phenoxy) is 2. The second-order valence-corrected chi connectivity index (χ2v) is 5.73. The van der Waals surface area contributed by atoms with E-state index in [0.717, 1.165) is 18.4 Å². The number of hydrogen-bond acceptors (Lipinski definition) is 3. The van der Waals surface area contributed by atoms with Gasteiger partial charge in [0.2, 0.25) is 0 Å². The van der Waals surface area contributed by atoms with Gasteiger partial charge in [-0.1, -0.05) is 42.5 Å². The second-order valence-electron chi connectivity index (χ2n) is 5.73. The van der Waals surface area contributed by atoms with E-state index in [0.29, 0.717) is 17.4 Å². The van der Waals surface area contributed by atoms with Crippen molar-refractivity contribution in [3.8, 4) is 11.5 Å². The van der Waals surface area contributed by atoms with Crippen LogP contribution in [-0.4, -0.2) is 19.6 Å². The van der Waals surface area contributed by atoms with Crippen molar-refractivity contribution in [3.05, 3.63) is 60.2 Å². The van der Waals surface area contributed by atoms with E-state index in [4.69, 9.17) is 9.47 Å². The molecule has 1 unspecified atom stereocenters. The van der Waals surface area contributed by atoms with Crippen molar-refractivity contribution < 1.29 is 14.3 Å². The van der Waals surface area contributed by atoms with Crippen LogP contribution < -0.4 is 14.8 Å². The Hall–Kier alpha value is -2.49. The first-order valence-corrected chi connectivity index (χ1v) is 7.88. The lowest BCUT2D eigenvalue weighted by Gasteiger charge is -2.19. The van der Waals surface area contributed by atoms with Crippen LogP contribution in [0.4, 0.5) is 0 Å². The number of carbonyl (C=O) groups excluding carboxylic acids is 1. The van der Waals surface area contributed by atoms with Gasteiger partial charge in [-0.3, -0.25) is 4.79 Å². The molecule has 1 aliphatic carbocycles. The van der Waals surface area contributed by atoms with Crippen molar-refractivity contribution in [1.29, 1.82) is 0 Å². The van der Waals surface area contributed by atoms with Crippen LogP contribution in [0.25, 0.3) is 0 Å². The van der Waals surface area contributed by atoms with Gasteiger partial charge in [-0.05, 0) is 36.5 Å². The van der Waals surface area contributed by atoms with Crippen molar-refractivity contribution in [2.75, 3.05) is 13.7 Å². The number of rotatable bonds is 7. The molecule has 3 rings (SSSR count). The van der Waals surface area contributed by atoms with Crippen LogP contribution in [0.2, 0.25) is 0 Å². The Morgan fingerprint density at radius 2 is 1.74 bits per heavy atom. The zero-order valence-electron chi connectivity index (χ0n) is 13.2. The van der Waals surface area contributed by atoms with Crippen molar-refractivity contribution in [2.24, 2.45) is 5.92 Å².